The molecule has 5 nitrogen and oxygen atoms in total. The van der Waals surface area contributed by atoms with Gasteiger partial charge in [0.1, 0.15) is 17.3 Å². The number of guanidine groups is 1. The molecule has 3 aromatic rings. The number of nitrogens with one attached hydrogen (secondary N) is 1. The van der Waals surface area contributed by atoms with Gasteiger partial charge in [-0.1, -0.05) is 54.6 Å². The van der Waals surface area contributed by atoms with Crippen molar-refractivity contribution in [2.24, 2.45) is 5.73 Å². The number of anilines is 1. The highest BCUT2D eigenvalue weighted by molar-refractivity contribution is 5.96. The predicted octanol–water partition coefficient (Wildman–Crippen LogP) is 3.25. The van der Waals surface area contributed by atoms with Crippen molar-refractivity contribution >= 4 is 29.0 Å². The highest BCUT2D eigenvalue weighted by atomic mass is 19.4. The monoisotopic (exact) mass is 401 g/mol. The van der Waals surface area contributed by atoms with E-state index in [2.05, 4.69) is 5.32 Å². The molecule has 3 aromatic carbocycles. The summed E-state index contributed by atoms with van der Waals surface area (Å²) in [6, 6.07) is 30.0. The van der Waals surface area contributed by atoms with E-state index >= 15 is 0 Å². The number of hydrogen-bond acceptors (Lipinski definition) is 2. The van der Waals surface area contributed by atoms with E-state index in [0.717, 1.165) is 17.1 Å². The van der Waals surface area contributed by atoms with Gasteiger partial charge in [-0.15, -0.1) is 0 Å². The number of rotatable bonds is 3. The van der Waals surface area contributed by atoms with Gasteiger partial charge in [-0.05, 0) is 36.4 Å². The van der Waals surface area contributed by atoms with Gasteiger partial charge in [-0.3, -0.25) is 5.73 Å². The van der Waals surface area contributed by atoms with Crippen molar-refractivity contribution in [3.8, 4) is 0 Å². The molecule has 0 saturated heterocycles. The minimum atomic E-state index is -5.19. The van der Waals surface area contributed by atoms with Crippen molar-refractivity contribution in [1.82, 2.24) is 4.58 Å². The maximum atomic E-state index is 10.5. The molecule has 0 atom stereocenters. The predicted molar refractivity (Wildman–Crippen MR) is 105 cm³/mol. The van der Waals surface area contributed by atoms with Crippen LogP contribution in [-0.4, -0.2) is 18.1 Å². The molecular weight excluding hydrogens is 383 g/mol. The Hall–Kier alpha value is -3.81. The van der Waals surface area contributed by atoms with Crippen molar-refractivity contribution in [1.29, 1.82) is 0 Å². The molecule has 0 spiro atoms. The first-order chi connectivity index (χ1) is 13.8. The summed E-state index contributed by atoms with van der Waals surface area (Å²) in [5.41, 5.74) is 9.32. The van der Waals surface area contributed by atoms with Crippen LogP contribution in [0.1, 0.15) is 0 Å². The molecule has 0 unspecified atom stereocenters. The zero-order valence-corrected chi connectivity index (χ0v) is 15.1. The molecule has 0 heterocycles. The normalized spacial score (nSPS) is 10.3. The molecule has 0 saturated carbocycles. The van der Waals surface area contributed by atoms with Crippen LogP contribution in [0.4, 0.5) is 30.2 Å². The molecule has 8 heteroatoms. The summed E-state index contributed by atoms with van der Waals surface area (Å²) in [5, 5.41) is 12.0. The average molecular weight is 401 g/mol. The second-order valence-electron chi connectivity index (χ2n) is 5.67. The Bertz CT molecular complexity index is 904. The Balaban J connectivity index is 0.000000370. The molecule has 0 aromatic heterocycles. The lowest BCUT2D eigenvalue weighted by Gasteiger charge is -2.11. The van der Waals surface area contributed by atoms with Crippen molar-refractivity contribution in [2.45, 2.75) is 6.18 Å². The number of para-hydroxylation sites is 3. The van der Waals surface area contributed by atoms with Crippen molar-refractivity contribution in [3.05, 3.63) is 91.0 Å². The van der Waals surface area contributed by atoms with Crippen molar-refractivity contribution in [3.63, 3.8) is 0 Å². The first-order valence-corrected chi connectivity index (χ1v) is 8.42. The first-order valence-electron chi connectivity index (χ1n) is 8.42. The maximum Gasteiger partial charge on any atom is 0.430 e. The number of nitrogens with zero attached hydrogens (tertiary/aromatic N) is 1. The van der Waals surface area contributed by atoms with Crippen molar-refractivity contribution in [2.75, 3.05) is 5.32 Å². The number of hydrogen-bond donors (Lipinski definition) is 2. The van der Waals surface area contributed by atoms with E-state index in [4.69, 9.17) is 15.6 Å². The Morgan fingerprint density at radius 2 is 1.14 bits per heavy atom. The molecule has 0 bridgehead atoms. The van der Waals surface area contributed by atoms with E-state index in [9.17, 15) is 13.2 Å². The van der Waals surface area contributed by atoms with E-state index < -0.39 is 12.1 Å². The molecule has 0 aliphatic rings. The number of nitrogens with two attached hydrogens (primary N) is 1. The van der Waals surface area contributed by atoms with Crippen LogP contribution in [0, 0.1) is 0 Å². The lowest BCUT2D eigenvalue weighted by Crippen LogP contribution is -2.37. The zero-order valence-electron chi connectivity index (χ0n) is 15.1. The van der Waals surface area contributed by atoms with Crippen LogP contribution in [0.2, 0.25) is 0 Å². The van der Waals surface area contributed by atoms with Gasteiger partial charge < -0.3 is 9.90 Å². The molecule has 150 valence electrons. The van der Waals surface area contributed by atoms with E-state index in [1.54, 1.807) is 0 Å². The van der Waals surface area contributed by atoms with Gasteiger partial charge in [0, 0.05) is 0 Å². The first kappa shape index (κ1) is 21.5. The molecule has 0 radical (unpaired) electrons. The van der Waals surface area contributed by atoms with Crippen molar-refractivity contribution < 1.29 is 23.1 Å². The molecule has 0 fully saturated rings. The average Bonchev–Trinajstić information content (AvgIpc) is 2.70. The van der Waals surface area contributed by atoms with Gasteiger partial charge >= 0.3 is 12.1 Å². The van der Waals surface area contributed by atoms with E-state index in [0.29, 0.717) is 5.96 Å². The molecule has 29 heavy (non-hydrogen) atoms. The summed E-state index contributed by atoms with van der Waals surface area (Å²) in [6.07, 6.45) is -5.19. The highest BCUT2D eigenvalue weighted by Gasteiger charge is 2.28. The van der Waals surface area contributed by atoms with Crippen LogP contribution < -0.4 is 20.7 Å². The van der Waals surface area contributed by atoms with Gasteiger partial charge in [-0.2, -0.15) is 17.7 Å². The molecule has 0 aliphatic carbocycles. The highest BCUT2D eigenvalue weighted by Crippen LogP contribution is 2.20. The number of carboxylic acids is 1. The van der Waals surface area contributed by atoms with Crippen LogP contribution in [-0.2, 0) is 4.79 Å². The van der Waals surface area contributed by atoms with Crippen LogP contribution in [0.5, 0.6) is 0 Å². The Morgan fingerprint density at radius 3 is 1.48 bits per heavy atom. The number of carbonyl (C=O) groups is 1. The smallest absolute Gasteiger partial charge is 0.430 e. The fourth-order valence-corrected chi connectivity index (χ4v) is 2.31. The molecule has 0 aliphatic heterocycles. The summed E-state index contributed by atoms with van der Waals surface area (Å²) in [6.45, 7) is 0. The third-order valence-electron chi connectivity index (χ3n) is 3.55. The third-order valence-corrected chi connectivity index (χ3v) is 3.55. The summed E-state index contributed by atoms with van der Waals surface area (Å²) < 4.78 is 33.5. The zero-order chi connectivity index (χ0) is 21.3. The van der Waals surface area contributed by atoms with Gasteiger partial charge in [-0.25, -0.2) is 5.32 Å². The van der Waals surface area contributed by atoms with E-state index in [-0.39, 0.29) is 0 Å². The Morgan fingerprint density at radius 1 is 0.793 bits per heavy atom. The number of carboxylic acid groups (broad SMARTS) is 1. The number of halogens is 3. The minimum absolute atomic E-state index is 0.559. The summed E-state index contributed by atoms with van der Waals surface area (Å²) in [5.74, 6) is -2.45. The Kier molecular flexibility index (Phi) is 7.36. The number of carbonyl (C=O) groups excluding carboxylic acids is 1. The minimum Gasteiger partial charge on any atom is -0.542 e. The van der Waals surface area contributed by atoms with E-state index in [1.165, 1.54) is 0 Å². The molecular formula is C21H18F3N3O2. The number of benzene rings is 3. The summed E-state index contributed by atoms with van der Waals surface area (Å²) in [4.78, 5) is 8.78. The number of aliphatic carboxylic acids is 1. The lowest BCUT2D eigenvalue weighted by atomic mass is 10.2. The maximum absolute atomic E-state index is 10.5. The second kappa shape index (κ2) is 9.93. The van der Waals surface area contributed by atoms with E-state index in [1.807, 2.05) is 95.6 Å². The van der Waals surface area contributed by atoms with Gasteiger partial charge in [0.25, 0.3) is 0 Å². The summed E-state index contributed by atoms with van der Waals surface area (Å²) in [7, 11) is 0. The van der Waals surface area contributed by atoms with Gasteiger partial charge in [0.05, 0.1) is 5.69 Å². The Labute approximate surface area is 165 Å². The standard InChI is InChI=1S/C19H17N3.C2HF3O2/c20-19(21-16-10-4-1-5-11-16)22(17-12-6-2-7-13-17)18-14-8-3-9-15-18;3-2(4,5)1(6)7/h1-15H,(H2,20,21);(H,6,7). The summed E-state index contributed by atoms with van der Waals surface area (Å²) >= 11 is 0. The topological polar surface area (TPSA) is 81.2 Å². The molecule has 0 amide bonds. The number of alkyl halides is 3. The quantitative estimate of drug-likeness (QED) is 0.401. The van der Waals surface area contributed by atoms with Crippen LogP contribution in [0.15, 0.2) is 91.0 Å². The SMILES string of the molecule is NC(Nc1ccccc1)=[N+](c1ccccc1)c1ccccc1.O=C([O-])C(F)(F)F. The van der Waals surface area contributed by atoms with Gasteiger partial charge in [0.15, 0.2) is 0 Å². The fraction of sp³-hybridized carbons (Fsp3) is 0.0476. The third kappa shape index (κ3) is 6.69. The largest absolute Gasteiger partial charge is 0.542 e. The molecule has 3 rings (SSSR count). The van der Waals surface area contributed by atoms with Crippen LogP contribution >= 0.6 is 0 Å². The second-order valence-corrected chi connectivity index (χ2v) is 5.67. The fourth-order valence-electron chi connectivity index (χ4n) is 2.31. The molecule has 3 N–H and O–H groups in total. The van der Waals surface area contributed by atoms with Crippen LogP contribution in [0.25, 0.3) is 0 Å². The lowest BCUT2D eigenvalue weighted by molar-refractivity contribution is -0.344. The van der Waals surface area contributed by atoms with Crippen LogP contribution in [0.3, 0.4) is 0 Å². The van der Waals surface area contributed by atoms with Gasteiger partial charge in [0.2, 0.25) is 0 Å².